The summed E-state index contributed by atoms with van der Waals surface area (Å²) < 4.78 is 0. The van der Waals surface area contributed by atoms with Crippen molar-refractivity contribution in [2.45, 2.75) is 76.7 Å². The quantitative estimate of drug-likeness (QED) is 0.390. The molecule has 3 rings (SSSR count). The molecule has 4 amide bonds. The number of nitrogens with zero attached hydrogens (tertiary/aromatic N) is 1. The lowest BCUT2D eigenvalue weighted by Crippen LogP contribution is -2.46. The van der Waals surface area contributed by atoms with Crippen LogP contribution in [0, 0.1) is 5.92 Å². The van der Waals surface area contributed by atoms with E-state index >= 15 is 0 Å². The molecule has 1 unspecified atom stereocenters. The van der Waals surface area contributed by atoms with Crippen molar-refractivity contribution in [1.29, 1.82) is 0 Å². The second kappa shape index (κ2) is 10.6. The predicted octanol–water partition coefficient (Wildman–Crippen LogP) is 3.54. The van der Waals surface area contributed by atoms with Crippen LogP contribution >= 0.6 is 0 Å². The Morgan fingerprint density at radius 2 is 1.74 bits per heavy atom. The van der Waals surface area contributed by atoms with Gasteiger partial charge in [0.1, 0.15) is 0 Å². The van der Waals surface area contributed by atoms with E-state index in [1.165, 1.54) is 44.1 Å². The molecule has 0 aromatic heterocycles. The molecule has 27 heavy (non-hydrogen) atoms. The minimum atomic E-state index is -0.0699. The van der Waals surface area contributed by atoms with Crippen molar-refractivity contribution in [3.63, 3.8) is 0 Å². The average molecular weight is 377 g/mol. The molecule has 1 heterocycles. The number of urea groups is 2. The van der Waals surface area contributed by atoms with E-state index in [1.807, 2.05) is 4.90 Å². The van der Waals surface area contributed by atoms with Crippen LogP contribution in [0.3, 0.4) is 0 Å². The first-order valence-corrected chi connectivity index (χ1v) is 11.0. The van der Waals surface area contributed by atoms with Gasteiger partial charge in [-0.25, -0.2) is 9.59 Å². The maximum Gasteiger partial charge on any atom is 0.317 e. The van der Waals surface area contributed by atoms with E-state index in [1.54, 1.807) is 0 Å². The number of amides is 4. The number of rotatable bonds is 5. The van der Waals surface area contributed by atoms with E-state index in [-0.39, 0.29) is 12.1 Å². The smallest absolute Gasteiger partial charge is 0.317 e. The van der Waals surface area contributed by atoms with Crippen molar-refractivity contribution >= 4 is 12.1 Å². The summed E-state index contributed by atoms with van der Waals surface area (Å²) in [5, 5.41) is 9.00. The summed E-state index contributed by atoms with van der Waals surface area (Å²) in [6.07, 6.45) is 15.1. The Bertz CT molecular complexity index is 526. The van der Waals surface area contributed by atoms with Crippen LogP contribution in [0.1, 0.15) is 70.6 Å². The highest BCUT2D eigenvalue weighted by Gasteiger charge is 2.27. The zero-order valence-corrected chi connectivity index (χ0v) is 16.6. The van der Waals surface area contributed by atoms with Crippen molar-refractivity contribution in [3.8, 4) is 0 Å². The lowest BCUT2D eigenvalue weighted by Gasteiger charge is -2.36. The largest absolute Gasteiger partial charge is 0.338 e. The van der Waals surface area contributed by atoms with Gasteiger partial charge in [0, 0.05) is 32.2 Å². The van der Waals surface area contributed by atoms with Crippen LogP contribution in [0.25, 0.3) is 0 Å². The molecule has 1 saturated carbocycles. The third-order valence-electron chi connectivity index (χ3n) is 6.20. The fraction of sp³-hybridized carbons (Fsp3) is 0.810. The molecule has 1 atom stereocenters. The fourth-order valence-corrected chi connectivity index (χ4v) is 4.57. The third-order valence-corrected chi connectivity index (χ3v) is 6.20. The summed E-state index contributed by atoms with van der Waals surface area (Å²) in [7, 11) is 0. The predicted molar refractivity (Wildman–Crippen MR) is 108 cm³/mol. The Balaban J connectivity index is 1.26. The number of carbonyl (C=O) groups excluding carboxylic acids is 2. The Morgan fingerprint density at radius 3 is 2.56 bits per heavy atom. The number of carbonyl (C=O) groups is 2. The summed E-state index contributed by atoms with van der Waals surface area (Å²) in [6, 6.07) is 0.284. The van der Waals surface area contributed by atoms with E-state index in [9.17, 15) is 9.59 Å². The third kappa shape index (κ3) is 6.43. The van der Waals surface area contributed by atoms with Crippen molar-refractivity contribution in [2.24, 2.45) is 5.92 Å². The van der Waals surface area contributed by atoms with Gasteiger partial charge < -0.3 is 20.9 Å². The lowest BCUT2D eigenvalue weighted by atomic mass is 9.82. The minimum absolute atomic E-state index is 0.0304. The molecule has 0 bridgehead atoms. The molecule has 3 N–H and O–H groups in total. The van der Waals surface area contributed by atoms with Gasteiger partial charge in [-0.05, 0) is 50.9 Å². The van der Waals surface area contributed by atoms with Crippen molar-refractivity contribution in [2.75, 3.05) is 26.2 Å². The van der Waals surface area contributed by atoms with Crippen LogP contribution in [0.15, 0.2) is 11.6 Å². The van der Waals surface area contributed by atoms with Crippen molar-refractivity contribution in [1.82, 2.24) is 20.9 Å². The van der Waals surface area contributed by atoms with Crippen LogP contribution in [0.2, 0.25) is 0 Å². The number of allylic oxidation sites excluding steroid dienone is 1. The Kier molecular flexibility index (Phi) is 7.84. The van der Waals surface area contributed by atoms with Crippen LogP contribution in [0.5, 0.6) is 0 Å². The molecule has 1 saturated heterocycles. The second-order valence-corrected chi connectivity index (χ2v) is 8.29. The summed E-state index contributed by atoms with van der Waals surface area (Å²) in [5.41, 5.74) is 1.46. The topological polar surface area (TPSA) is 73.5 Å². The summed E-state index contributed by atoms with van der Waals surface area (Å²) >= 11 is 0. The van der Waals surface area contributed by atoms with Crippen LogP contribution in [-0.2, 0) is 0 Å². The highest BCUT2D eigenvalue weighted by atomic mass is 16.2. The first-order valence-electron chi connectivity index (χ1n) is 11.0. The maximum absolute atomic E-state index is 12.4. The number of nitrogens with one attached hydrogen (secondary N) is 3. The average Bonchev–Trinajstić information content (AvgIpc) is 2.95. The van der Waals surface area contributed by atoms with Crippen LogP contribution in [-0.4, -0.2) is 49.2 Å². The molecule has 0 spiro atoms. The molecule has 2 aliphatic carbocycles. The summed E-state index contributed by atoms with van der Waals surface area (Å²) in [5.74, 6) is 0.707. The zero-order valence-electron chi connectivity index (χ0n) is 16.6. The van der Waals surface area contributed by atoms with E-state index in [0.717, 1.165) is 45.2 Å². The fourth-order valence-electron chi connectivity index (χ4n) is 4.57. The maximum atomic E-state index is 12.4. The monoisotopic (exact) mass is 376 g/mol. The van der Waals surface area contributed by atoms with Gasteiger partial charge in [-0.1, -0.05) is 37.3 Å². The molecule has 1 aliphatic heterocycles. The van der Waals surface area contributed by atoms with Gasteiger partial charge >= 0.3 is 12.1 Å². The first kappa shape index (κ1) is 20.0. The summed E-state index contributed by atoms with van der Waals surface area (Å²) in [4.78, 5) is 26.3. The van der Waals surface area contributed by atoms with E-state index in [2.05, 4.69) is 22.0 Å². The lowest BCUT2D eigenvalue weighted by molar-refractivity contribution is 0.186. The molecular formula is C21H36N4O2. The highest BCUT2D eigenvalue weighted by molar-refractivity contribution is 5.75. The normalized spacial score (nSPS) is 23.6. The second-order valence-electron chi connectivity index (χ2n) is 8.29. The van der Waals surface area contributed by atoms with E-state index in [4.69, 9.17) is 0 Å². The van der Waals surface area contributed by atoms with Crippen molar-refractivity contribution in [3.05, 3.63) is 11.6 Å². The summed E-state index contributed by atoms with van der Waals surface area (Å²) in [6.45, 7) is 2.84. The molecule has 0 aromatic rings. The molecule has 2 fully saturated rings. The van der Waals surface area contributed by atoms with Gasteiger partial charge in [0.25, 0.3) is 0 Å². The Labute approximate surface area is 163 Å². The molecular weight excluding hydrogens is 340 g/mol. The first-order chi connectivity index (χ1) is 13.2. The van der Waals surface area contributed by atoms with Gasteiger partial charge in [0.2, 0.25) is 0 Å². The van der Waals surface area contributed by atoms with Gasteiger partial charge in [0.15, 0.2) is 0 Å². The van der Waals surface area contributed by atoms with Crippen LogP contribution < -0.4 is 16.0 Å². The van der Waals surface area contributed by atoms with E-state index in [0.29, 0.717) is 25.0 Å². The molecule has 6 nitrogen and oxygen atoms in total. The van der Waals surface area contributed by atoms with Gasteiger partial charge in [-0.2, -0.15) is 0 Å². The Hall–Kier alpha value is -1.72. The molecule has 3 aliphatic rings. The van der Waals surface area contributed by atoms with E-state index < -0.39 is 0 Å². The van der Waals surface area contributed by atoms with Gasteiger partial charge in [-0.3, -0.25) is 0 Å². The van der Waals surface area contributed by atoms with Gasteiger partial charge in [0.05, 0.1) is 0 Å². The zero-order chi connectivity index (χ0) is 18.9. The highest BCUT2D eigenvalue weighted by Crippen LogP contribution is 2.31. The molecule has 152 valence electrons. The standard InChI is InChI=1S/C21H36N4O2/c26-20(24-19-10-3-1-2-4-11-19)22-13-7-14-23-21(27)25-15-12-17-8-5-6-9-18(17)16-25/h9,17,19H,1-8,10-16H2,(H,23,27)(H2,22,24,26). The molecule has 6 heteroatoms. The number of hydrogen-bond acceptors (Lipinski definition) is 2. The van der Waals surface area contributed by atoms with Crippen molar-refractivity contribution < 1.29 is 9.59 Å². The molecule has 0 aromatic carbocycles. The Morgan fingerprint density at radius 1 is 0.963 bits per heavy atom. The number of hydrogen-bond donors (Lipinski definition) is 3. The minimum Gasteiger partial charge on any atom is -0.338 e. The van der Waals surface area contributed by atoms with Gasteiger partial charge in [-0.15, -0.1) is 0 Å². The number of likely N-dealkylation sites (tertiary alicyclic amines) is 1. The number of fused-ring (bicyclic) bond motifs is 1. The molecule has 0 radical (unpaired) electrons. The number of piperidine rings is 1. The van der Waals surface area contributed by atoms with Crippen LogP contribution in [0.4, 0.5) is 9.59 Å². The SMILES string of the molecule is O=C(NCCCNC(=O)N1CCC2CCCC=C2C1)NC1CCCCCC1.